The standard InChI is InChI=1S/C11H11F3N2O3/c1-6-5-10(18,11(12,13)14)16(15-6)9(17)8-3-4-19-7(8)2/h3-5,15,18H,1-2H3. The number of aliphatic hydroxyl groups is 1. The Morgan fingerprint density at radius 3 is 2.58 bits per heavy atom. The molecule has 0 fully saturated rings. The molecule has 1 atom stereocenters. The monoisotopic (exact) mass is 276 g/mol. The van der Waals surface area contributed by atoms with E-state index in [2.05, 4.69) is 5.43 Å². The van der Waals surface area contributed by atoms with Crippen LogP contribution < -0.4 is 5.43 Å². The summed E-state index contributed by atoms with van der Waals surface area (Å²) in [5.74, 6) is -0.861. The molecule has 5 nitrogen and oxygen atoms in total. The molecule has 2 rings (SSSR count). The Bertz CT molecular complexity index is 550. The maximum Gasteiger partial charge on any atom is 0.442 e. The summed E-state index contributed by atoms with van der Waals surface area (Å²) in [6.45, 7) is 2.75. The molecule has 0 aromatic carbocycles. The number of carbonyl (C=O) groups excluding carboxylic acids is 1. The average Bonchev–Trinajstić information content (AvgIpc) is 2.81. The molecule has 1 aromatic heterocycles. The minimum absolute atomic E-state index is 0.0225. The summed E-state index contributed by atoms with van der Waals surface area (Å²) in [5, 5.41) is 9.87. The van der Waals surface area contributed by atoms with E-state index in [1.54, 1.807) is 0 Å². The Balaban J connectivity index is 2.41. The van der Waals surface area contributed by atoms with Gasteiger partial charge in [-0.05, 0) is 26.0 Å². The van der Waals surface area contributed by atoms with Crippen LogP contribution in [0.15, 0.2) is 28.5 Å². The number of halogens is 3. The summed E-state index contributed by atoms with van der Waals surface area (Å²) in [4.78, 5) is 12.0. The lowest BCUT2D eigenvalue weighted by Crippen LogP contribution is -2.60. The van der Waals surface area contributed by atoms with E-state index in [0.29, 0.717) is 6.08 Å². The molecule has 0 saturated heterocycles. The number of hydrazine groups is 1. The first kappa shape index (κ1) is 13.5. The normalized spacial score (nSPS) is 23.3. The van der Waals surface area contributed by atoms with Gasteiger partial charge in [0.1, 0.15) is 5.76 Å². The van der Waals surface area contributed by atoms with Crippen LogP contribution in [0.1, 0.15) is 23.0 Å². The van der Waals surface area contributed by atoms with Crippen LogP contribution in [0.3, 0.4) is 0 Å². The maximum atomic E-state index is 12.9. The van der Waals surface area contributed by atoms with Gasteiger partial charge in [-0.25, -0.2) is 5.01 Å². The predicted octanol–water partition coefficient (Wildman–Crippen LogP) is 1.70. The second-order valence-electron chi connectivity index (χ2n) is 4.19. The highest BCUT2D eigenvalue weighted by atomic mass is 19.4. The average molecular weight is 276 g/mol. The fourth-order valence-electron chi connectivity index (χ4n) is 1.80. The van der Waals surface area contributed by atoms with Crippen molar-refractivity contribution in [1.29, 1.82) is 0 Å². The highest BCUT2D eigenvalue weighted by Gasteiger charge is 2.61. The summed E-state index contributed by atoms with van der Waals surface area (Å²) in [5.41, 5.74) is -1.21. The second kappa shape index (κ2) is 4.02. The molecule has 1 aliphatic heterocycles. The quantitative estimate of drug-likeness (QED) is 0.819. The van der Waals surface area contributed by atoms with Gasteiger partial charge in [0.2, 0.25) is 0 Å². The van der Waals surface area contributed by atoms with Crippen molar-refractivity contribution in [3.63, 3.8) is 0 Å². The zero-order valence-corrected chi connectivity index (χ0v) is 10.1. The number of alkyl halides is 3. The molecule has 8 heteroatoms. The van der Waals surface area contributed by atoms with Crippen LogP contribution in [-0.2, 0) is 0 Å². The molecule has 2 N–H and O–H groups in total. The Hall–Kier alpha value is -1.96. The fourth-order valence-corrected chi connectivity index (χ4v) is 1.80. The lowest BCUT2D eigenvalue weighted by atomic mass is 10.1. The number of hydrogen-bond acceptors (Lipinski definition) is 4. The maximum absolute atomic E-state index is 12.9. The van der Waals surface area contributed by atoms with E-state index in [1.165, 1.54) is 26.2 Å². The number of allylic oxidation sites excluding steroid dienone is 1. The van der Waals surface area contributed by atoms with Crippen molar-refractivity contribution in [3.05, 3.63) is 35.4 Å². The predicted molar refractivity (Wildman–Crippen MR) is 57.5 cm³/mol. The van der Waals surface area contributed by atoms with Gasteiger partial charge < -0.3 is 9.52 Å². The molecule has 0 saturated carbocycles. The van der Waals surface area contributed by atoms with Crippen molar-refractivity contribution in [3.8, 4) is 0 Å². The summed E-state index contributed by atoms with van der Waals surface area (Å²) in [6, 6.07) is 1.24. The van der Waals surface area contributed by atoms with Crippen molar-refractivity contribution in [2.45, 2.75) is 25.7 Å². The summed E-state index contributed by atoms with van der Waals surface area (Å²) < 4.78 is 43.6. The van der Waals surface area contributed by atoms with E-state index < -0.39 is 17.8 Å². The van der Waals surface area contributed by atoms with Gasteiger partial charge in [0.15, 0.2) is 0 Å². The number of amides is 1. The number of carbonyl (C=O) groups is 1. The van der Waals surface area contributed by atoms with Crippen molar-refractivity contribution < 1.29 is 27.5 Å². The Kier molecular flexibility index (Phi) is 2.85. The highest BCUT2D eigenvalue weighted by molar-refractivity contribution is 5.95. The second-order valence-corrected chi connectivity index (χ2v) is 4.19. The van der Waals surface area contributed by atoms with Crippen LogP contribution in [0, 0.1) is 6.92 Å². The van der Waals surface area contributed by atoms with Gasteiger partial charge in [-0.15, -0.1) is 0 Å². The molecule has 104 valence electrons. The molecule has 0 aliphatic carbocycles. The van der Waals surface area contributed by atoms with Crippen LogP contribution >= 0.6 is 0 Å². The van der Waals surface area contributed by atoms with Gasteiger partial charge in [-0.1, -0.05) is 0 Å². The van der Waals surface area contributed by atoms with Gasteiger partial charge in [0.25, 0.3) is 11.6 Å². The lowest BCUT2D eigenvalue weighted by molar-refractivity contribution is -0.283. The van der Waals surface area contributed by atoms with Crippen molar-refractivity contribution in [1.82, 2.24) is 10.4 Å². The number of hydrogen-bond donors (Lipinski definition) is 2. The Morgan fingerprint density at radius 2 is 2.11 bits per heavy atom. The Labute approximate surface area is 106 Å². The smallest absolute Gasteiger partial charge is 0.442 e. The first-order valence-electron chi connectivity index (χ1n) is 5.30. The van der Waals surface area contributed by atoms with Crippen LogP contribution in [0.4, 0.5) is 13.2 Å². The molecule has 1 aliphatic rings. The van der Waals surface area contributed by atoms with E-state index in [4.69, 9.17) is 4.42 Å². The molecule has 0 spiro atoms. The molecule has 2 heterocycles. The topological polar surface area (TPSA) is 65.7 Å². The number of furan rings is 1. The highest BCUT2D eigenvalue weighted by Crippen LogP contribution is 2.38. The van der Waals surface area contributed by atoms with Gasteiger partial charge in [-0.2, -0.15) is 13.2 Å². The van der Waals surface area contributed by atoms with Gasteiger partial charge >= 0.3 is 6.18 Å². The largest absolute Gasteiger partial charge is 0.469 e. The van der Waals surface area contributed by atoms with E-state index in [9.17, 15) is 23.1 Å². The third-order valence-electron chi connectivity index (χ3n) is 2.76. The van der Waals surface area contributed by atoms with Crippen LogP contribution in [0.2, 0.25) is 0 Å². The minimum atomic E-state index is -5.02. The SMILES string of the molecule is CC1=CC(O)(C(F)(F)F)N(C(=O)c2ccoc2C)N1. The van der Waals surface area contributed by atoms with Crippen molar-refractivity contribution in [2.24, 2.45) is 0 Å². The first-order chi connectivity index (χ1) is 8.67. The van der Waals surface area contributed by atoms with E-state index >= 15 is 0 Å². The number of aryl methyl sites for hydroxylation is 1. The molecule has 1 aromatic rings. The summed E-state index contributed by atoms with van der Waals surface area (Å²) in [7, 11) is 0. The summed E-state index contributed by atoms with van der Waals surface area (Å²) >= 11 is 0. The van der Waals surface area contributed by atoms with Gasteiger partial charge in [-0.3, -0.25) is 10.2 Å². The first-order valence-corrected chi connectivity index (χ1v) is 5.30. The molecule has 1 unspecified atom stereocenters. The number of nitrogens with one attached hydrogen (secondary N) is 1. The van der Waals surface area contributed by atoms with Crippen molar-refractivity contribution >= 4 is 5.91 Å². The third kappa shape index (κ3) is 1.97. The van der Waals surface area contributed by atoms with E-state index in [1.807, 2.05) is 0 Å². The van der Waals surface area contributed by atoms with Crippen LogP contribution in [0.5, 0.6) is 0 Å². The minimum Gasteiger partial charge on any atom is -0.469 e. The number of nitrogens with zero attached hydrogens (tertiary/aromatic N) is 1. The fraction of sp³-hybridized carbons (Fsp3) is 0.364. The summed E-state index contributed by atoms with van der Waals surface area (Å²) in [6.07, 6.45) is -3.29. The van der Waals surface area contributed by atoms with Crippen molar-refractivity contribution in [2.75, 3.05) is 0 Å². The lowest BCUT2D eigenvalue weighted by Gasteiger charge is -2.33. The van der Waals surface area contributed by atoms with E-state index in [0.717, 1.165) is 0 Å². The number of rotatable bonds is 1. The molecule has 0 bridgehead atoms. The molecular weight excluding hydrogens is 265 g/mol. The molecule has 0 radical (unpaired) electrons. The third-order valence-corrected chi connectivity index (χ3v) is 2.76. The molecular formula is C11H11F3N2O3. The van der Waals surface area contributed by atoms with Crippen LogP contribution in [-0.4, -0.2) is 27.9 Å². The molecule has 19 heavy (non-hydrogen) atoms. The van der Waals surface area contributed by atoms with E-state index in [-0.39, 0.29) is 22.0 Å². The zero-order valence-electron chi connectivity index (χ0n) is 10.1. The van der Waals surface area contributed by atoms with Gasteiger partial charge in [0.05, 0.1) is 11.8 Å². The Morgan fingerprint density at radius 1 is 1.47 bits per heavy atom. The molecule has 1 amide bonds. The van der Waals surface area contributed by atoms with Gasteiger partial charge in [0, 0.05) is 5.70 Å². The zero-order chi connectivity index (χ0) is 14.4. The van der Waals surface area contributed by atoms with Crippen LogP contribution in [0.25, 0.3) is 0 Å².